The van der Waals surface area contributed by atoms with Crippen molar-refractivity contribution in [1.82, 2.24) is 0 Å². The third kappa shape index (κ3) is 5.22. The van der Waals surface area contributed by atoms with Crippen LogP contribution in [0.3, 0.4) is 0 Å². The number of para-hydroxylation sites is 2. The molecule has 4 rings (SSSR count). The molecule has 0 bridgehead atoms. The molecule has 0 fully saturated rings. The normalized spacial score (nSPS) is 11.1. The van der Waals surface area contributed by atoms with Crippen LogP contribution in [0.15, 0.2) is 99.0 Å². The van der Waals surface area contributed by atoms with E-state index in [1.54, 1.807) is 48.5 Å². The summed E-state index contributed by atoms with van der Waals surface area (Å²) in [5.41, 5.74) is 0.483. The standard InChI is InChI=1S/C25H20N2O7S/c1-27(18-9-3-2-4-10-18)35(31,32)19-11-7-8-17(14-19)26-24(29)16-33-25(30)23-15-21(28)20-12-5-6-13-22(20)34-23/h2-15H,16H2,1H3,(H,26,29). The van der Waals surface area contributed by atoms with Gasteiger partial charge in [0.15, 0.2) is 12.0 Å². The van der Waals surface area contributed by atoms with Gasteiger partial charge >= 0.3 is 5.97 Å². The number of anilines is 2. The molecule has 9 nitrogen and oxygen atoms in total. The fourth-order valence-electron chi connectivity index (χ4n) is 3.27. The highest BCUT2D eigenvalue weighted by Gasteiger charge is 2.22. The summed E-state index contributed by atoms with van der Waals surface area (Å²) in [5.74, 6) is -2.02. The minimum atomic E-state index is -3.88. The van der Waals surface area contributed by atoms with E-state index in [1.165, 1.54) is 37.4 Å². The van der Waals surface area contributed by atoms with Crippen molar-refractivity contribution in [3.05, 3.63) is 101 Å². The first-order valence-electron chi connectivity index (χ1n) is 10.4. The van der Waals surface area contributed by atoms with Crippen LogP contribution in [0.25, 0.3) is 11.0 Å². The zero-order valence-corrected chi connectivity index (χ0v) is 19.3. The Kier molecular flexibility index (Phi) is 6.65. The van der Waals surface area contributed by atoms with Crippen molar-refractivity contribution in [3.63, 3.8) is 0 Å². The van der Waals surface area contributed by atoms with E-state index in [4.69, 9.17) is 9.15 Å². The molecule has 4 aromatic rings. The lowest BCUT2D eigenvalue weighted by molar-refractivity contribution is -0.119. The average Bonchev–Trinajstić information content (AvgIpc) is 2.87. The van der Waals surface area contributed by atoms with Gasteiger partial charge in [-0.15, -0.1) is 0 Å². The Hall–Kier alpha value is -4.44. The van der Waals surface area contributed by atoms with Gasteiger partial charge < -0.3 is 14.5 Å². The number of sulfonamides is 1. The van der Waals surface area contributed by atoms with Crippen molar-refractivity contribution in [2.24, 2.45) is 0 Å². The largest absolute Gasteiger partial charge is 0.450 e. The molecule has 0 spiro atoms. The van der Waals surface area contributed by atoms with E-state index in [9.17, 15) is 22.8 Å². The van der Waals surface area contributed by atoms with Crippen LogP contribution in [0.1, 0.15) is 10.6 Å². The van der Waals surface area contributed by atoms with Crippen LogP contribution in [0, 0.1) is 0 Å². The second-order valence-corrected chi connectivity index (χ2v) is 9.40. The first-order chi connectivity index (χ1) is 16.8. The van der Waals surface area contributed by atoms with Crippen molar-refractivity contribution in [3.8, 4) is 0 Å². The second-order valence-electron chi connectivity index (χ2n) is 7.43. The lowest BCUT2D eigenvalue weighted by Gasteiger charge is -2.19. The lowest BCUT2D eigenvalue weighted by Crippen LogP contribution is -2.26. The monoisotopic (exact) mass is 492 g/mol. The molecule has 0 aliphatic carbocycles. The Labute approximate surface area is 200 Å². The molecular weight excluding hydrogens is 472 g/mol. The zero-order valence-electron chi connectivity index (χ0n) is 18.5. The Bertz CT molecular complexity index is 1560. The van der Waals surface area contributed by atoms with E-state index >= 15 is 0 Å². The number of amides is 1. The fourth-order valence-corrected chi connectivity index (χ4v) is 4.51. The van der Waals surface area contributed by atoms with E-state index in [0.717, 1.165) is 10.4 Å². The van der Waals surface area contributed by atoms with Crippen LogP contribution in [-0.2, 0) is 19.6 Å². The number of rotatable bonds is 7. The molecule has 0 radical (unpaired) electrons. The van der Waals surface area contributed by atoms with Crippen molar-refractivity contribution >= 4 is 44.2 Å². The Morgan fingerprint density at radius 2 is 1.66 bits per heavy atom. The smallest absolute Gasteiger partial charge is 0.374 e. The molecule has 0 unspecified atom stereocenters. The molecule has 0 saturated heterocycles. The fraction of sp³-hybridized carbons (Fsp3) is 0.0800. The third-order valence-corrected chi connectivity index (χ3v) is 6.85. The van der Waals surface area contributed by atoms with Gasteiger partial charge in [-0.2, -0.15) is 0 Å². The van der Waals surface area contributed by atoms with Gasteiger partial charge in [0.25, 0.3) is 15.9 Å². The molecule has 0 saturated carbocycles. The van der Waals surface area contributed by atoms with Gasteiger partial charge in [0.05, 0.1) is 16.0 Å². The summed E-state index contributed by atoms with van der Waals surface area (Å²) < 4.78 is 37.4. The first kappa shape index (κ1) is 23.7. The molecule has 1 aromatic heterocycles. The number of ether oxygens (including phenoxy) is 1. The summed E-state index contributed by atoms with van der Waals surface area (Å²) in [6, 6.07) is 21.7. The highest BCUT2D eigenvalue weighted by molar-refractivity contribution is 7.92. The van der Waals surface area contributed by atoms with E-state index < -0.39 is 33.9 Å². The third-order valence-electron chi connectivity index (χ3n) is 5.07. The number of hydrogen-bond acceptors (Lipinski definition) is 7. The number of carbonyl (C=O) groups is 2. The number of esters is 1. The van der Waals surface area contributed by atoms with Gasteiger partial charge in [0.1, 0.15) is 5.58 Å². The lowest BCUT2D eigenvalue weighted by atomic mass is 10.2. The molecule has 1 heterocycles. The second kappa shape index (κ2) is 9.82. The summed E-state index contributed by atoms with van der Waals surface area (Å²) in [7, 11) is -2.45. The summed E-state index contributed by atoms with van der Waals surface area (Å²) in [6.07, 6.45) is 0. The summed E-state index contributed by atoms with van der Waals surface area (Å²) in [5, 5.41) is 2.80. The van der Waals surface area contributed by atoms with Gasteiger partial charge in [-0.05, 0) is 42.5 Å². The SMILES string of the molecule is CN(c1ccccc1)S(=O)(=O)c1cccc(NC(=O)COC(=O)c2cc(=O)c3ccccc3o2)c1. The van der Waals surface area contributed by atoms with Gasteiger partial charge in [0, 0.05) is 18.8 Å². The topological polar surface area (TPSA) is 123 Å². The highest BCUT2D eigenvalue weighted by Crippen LogP contribution is 2.23. The number of benzene rings is 3. The highest BCUT2D eigenvalue weighted by atomic mass is 32.2. The summed E-state index contributed by atoms with van der Waals surface area (Å²) in [4.78, 5) is 36.7. The van der Waals surface area contributed by atoms with Crippen LogP contribution >= 0.6 is 0 Å². The molecule has 0 aliphatic heterocycles. The number of hydrogen-bond donors (Lipinski definition) is 1. The zero-order chi connectivity index (χ0) is 25.0. The maximum absolute atomic E-state index is 13.0. The van der Waals surface area contributed by atoms with Gasteiger partial charge in [-0.3, -0.25) is 13.9 Å². The molecule has 178 valence electrons. The van der Waals surface area contributed by atoms with Crippen LogP contribution in [0.5, 0.6) is 0 Å². The molecule has 1 N–H and O–H groups in total. The number of carbonyl (C=O) groups excluding carboxylic acids is 2. The van der Waals surface area contributed by atoms with E-state index in [-0.39, 0.29) is 21.9 Å². The van der Waals surface area contributed by atoms with Crippen LogP contribution < -0.4 is 15.1 Å². The molecule has 0 atom stereocenters. The molecule has 35 heavy (non-hydrogen) atoms. The molecular formula is C25H20N2O7S. The molecule has 3 aromatic carbocycles. The van der Waals surface area contributed by atoms with E-state index in [2.05, 4.69) is 5.32 Å². The van der Waals surface area contributed by atoms with Crippen molar-refractivity contribution in [2.45, 2.75) is 4.90 Å². The van der Waals surface area contributed by atoms with Gasteiger partial charge in [-0.25, -0.2) is 13.2 Å². The Balaban J connectivity index is 1.42. The Morgan fingerprint density at radius 3 is 2.43 bits per heavy atom. The first-order valence-corrected chi connectivity index (χ1v) is 11.8. The summed E-state index contributed by atoms with van der Waals surface area (Å²) in [6.45, 7) is -0.670. The van der Waals surface area contributed by atoms with Crippen LogP contribution in [0.2, 0.25) is 0 Å². The Morgan fingerprint density at radius 1 is 0.943 bits per heavy atom. The average molecular weight is 493 g/mol. The molecule has 10 heteroatoms. The maximum atomic E-state index is 13.0. The minimum Gasteiger partial charge on any atom is -0.450 e. The van der Waals surface area contributed by atoms with Gasteiger partial charge in [-0.1, -0.05) is 36.4 Å². The van der Waals surface area contributed by atoms with Crippen molar-refractivity contribution < 1.29 is 27.2 Å². The maximum Gasteiger partial charge on any atom is 0.374 e. The van der Waals surface area contributed by atoms with Crippen molar-refractivity contribution in [1.29, 1.82) is 0 Å². The molecule has 0 aliphatic rings. The minimum absolute atomic E-state index is 0.0309. The quantitative estimate of drug-likeness (QED) is 0.392. The van der Waals surface area contributed by atoms with E-state index in [0.29, 0.717) is 11.1 Å². The predicted molar refractivity (Wildman–Crippen MR) is 130 cm³/mol. The van der Waals surface area contributed by atoms with Crippen molar-refractivity contribution in [2.75, 3.05) is 23.3 Å². The number of nitrogens with zero attached hydrogens (tertiary/aromatic N) is 1. The summed E-state index contributed by atoms with van der Waals surface area (Å²) >= 11 is 0. The molecule has 1 amide bonds. The number of nitrogens with one attached hydrogen (secondary N) is 1. The predicted octanol–water partition coefficient (Wildman–Crippen LogP) is 3.41. The number of fused-ring (bicyclic) bond motifs is 1. The van der Waals surface area contributed by atoms with Crippen LogP contribution in [-0.4, -0.2) is 33.9 Å². The van der Waals surface area contributed by atoms with E-state index in [1.807, 2.05) is 0 Å². The van der Waals surface area contributed by atoms with Gasteiger partial charge in [0.2, 0.25) is 5.76 Å². The van der Waals surface area contributed by atoms with Crippen LogP contribution in [0.4, 0.5) is 11.4 Å².